The summed E-state index contributed by atoms with van der Waals surface area (Å²) in [5.41, 5.74) is 10.4. The molecule has 0 amide bonds. The first kappa shape index (κ1) is 24.1. The van der Waals surface area contributed by atoms with Crippen LogP contribution in [0.4, 0.5) is 0 Å². The molecule has 0 unspecified atom stereocenters. The maximum Gasteiger partial charge on any atom is 0.320 e. The molecule has 0 spiro atoms. The van der Waals surface area contributed by atoms with Crippen LogP contribution in [-0.4, -0.2) is 75.3 Å². The maximum atomic E-state index is 10.1. The van der Waals surface area contributed by atoms with Crippen LogP contribution in [0, 0.1) is 0 Å². The smallest absolute Gasteiger partial charge is 0.320 e. The van der Waals surface area contributed by atoms with Crippen LogP contribution in [0.1, 0.15) is 12.8 Å². The summed E-state index contributed by atoms with van der Waals surface area (Å²) in [6.07, 6.45) is 4.95. The molecule has 0 aromatic rings. The van der Waals surface area contributed by atoms with E-state index < -0.39 is 24.0 Å². The normalized spacial score (nSPS) is 12.4. The fourth-order valence-electron chi connectivity index (χ4n) is 0.737. The summed E-state index contributed by atoms with van der Waals surface area (Å²) in [5, 5.41) is 16.5. The third-order valence-corrected chi connectivity index (χ3v) is 3.19. The van der Waals surface area contributed by atoms with Crippen LogP contribution in [0.25, 0.3) is 0 Å². The molecule has 0 fully saturated rings. The quantitative estimate of drug-likeness (QED) is 0.433. The molecule has 0 rings (SSSR count). The van der Waals surface area contributed by atoms with E-state index >= 15 is 0 Å². The van der Waals surface area contributed by atoms with Crippen LogP contribution in [0.15, 0.2) is 0 Å². The van der Waals surface area contributed by atoms with Crippen molar-refractivity contribution in [3.63, 3.8) is 0 Å². The Labute approximate surface area is 132 Å². The zero-order chi connectivity index (χ0) is 14.6. The van der Waals surface area contributed by atoms with Gasteiger partial charge in [0.25, 0.3) is 0 Å². The van der Waals surface area contributed by atoms with E-state index in [9.17, 15) is 9.59 Å². The average molecular weight is 377 g/mol. The molecule has 19 heavy (non-hydrogen) atoms. The monoisotopic (exact) mass is 378 g/mol. The second-order valence-corrected chi connectivity index (χ2v) is 5.42. The van der Waals surface area contributed by atoms with Crippen molar-refractivity contribution in [2.75, 3.05) is 24.0 Å². The van der Waals surface area contributed by atoms with Crippen LogP contribution < -0.4 is 11.5 Å². The number of hydrogen-bond acceptors (Lipinski definition) is 6. The number of carbonyl (C=O) groups is 2. The summed E-state index contributed by atoms with van der Waals surface area (Å²) in [5.74, 6) is -0.200. The molecule has 0 bridgehead atoms. The summed E-state index contributed by atoms with van der Waals surface area (Å²) >= 11 is 3.21. The number of thioether (sulfide) groups is 2. The zero-order valence-corrected chi connectivity index (χ0v) is 14.4. The molecule has 0 aromatic heterocycles. The second kappa shape index (κ2) is 16.1. The molecule has 0 aliphatic rings. The molecule has 6 nitrogen and oxygen atoms in total. The van der Waals surface area contributed by atoms with Crippen molar-refractivity contribution in [2.45, 2.75) is 24.9 Å². The standard InChI is InChI=1S/2C5H11NO2S.Se/c2*1-9-3-2-4(6)5(7)8;/h2*4H,2-3,6H2,1H3,(H,7,8);/t2*4-;/m00./s1. The number of carboxylic acid groups (broad SMARTS) is 2. The summed E-state index contributed by atoms with van der Waals surface area (Å²) in [7, 11) is 0. The molecule has 0 aliphatic heterocycles. The van der Waals surface area contributed by atoms with Crippen molar-refractivity contribution in [3.05, 3.63) is 0 Å². The third kappa shape index (κ3) is 18.1. The number of rotatable bonds is 8. The van der Waals surface area contributed by atoms with Gasteiger partial charge in [-0.3, -0.25) is 9.59 Å². The topological polar surface area (TPSA) is 127 Å². The fraction of sp³-hybridized carbons (Fsp3) is 0.800. The van der Waals surface area contributed by atoms with Gasteiger partial charge < -0.3 is 21.7 Å². The SMILES string of the molecule is CSCC[C@H](N)C(=O)O.CSCC[C@H](N)C(=O)O.[Se]. The fourth-order valence-corrected chi connectivity index (χ4v) is 1.72. The van der Waals surface area contributed by atoms with Crippen LogP contribution in [0.2, 0.25) is 0 Å². The number of nitrogens with two attached hydrogens (primary N) is 2. The second-order valence-electron chi connectivity index (χ2n) is 3.45. The van der Waals surface area contributed by atoms with Crippen molar-refractivity contribution in [2.24, 2.45) is 11.5 Å². The van der Waals surface area contributed by atoms with Gasteiger partial charge in [-0.1, -0.05) is 0 Å². The Hall–Kier alpha value is 0.0795. The minimum atomic E-state index is -0.913. The number of aliphatic carboxylic acids is 2. The molecule has 0 saturated heterocycles. The van der Waals surface area contributed by atoms with Gasteiger partial charge in [0.15, 0.2) is 0 Å². The molecule has 0 saturated carbocycles. The van der Waals surface area contributed by atoms with E-state index in [4.69, 9.17) is 21.7 Å². The molecule has 0 aliphatic carbocycles. The molecular weight excluding hydrogens is 355 g/mol. The predicted molar refractivity (Wildman–Crippen MR) is 83.0 cm³/mol. The molecule has 6 N–H and O–H groups in total. The minimum absolute atomic E-state index is 0. The van der Waals surface area contributed by atoms with E-state index in [1.807, 2.05) is 12.5 Å². The van der Waals surface area contributed by atoms with Crippen LogP contribution in [0.5, 0.6) is 0 Å². The van der Waals surface area contributed by atoms with Gasteiger partial charge in [-0.15, -0.1) is 0 Å². The zero-order valence-electron chi connectivity index (χ0n) is 11.1. The summed E-state index contributed by atoms with van der Waals surface area (Å²) in [6, 6.07) is -1.37. The van der Waals surface area contributed by atoms with Gasteiger partial charge in [-0.05, 0) is 36.9 Å². The van der Waals surface area contributed by atoms with Gasteiger partial charge in [0, 0.05) is 17.1 Å². The van der Waals surface area contributed by atoms with Gasteiger partial charge in [0.05, 0.1) is 0 Å². The van der Waals surface area contributed by atoms with Crippen LogP contribution in [0.3, 0.4) is 0 Å². The van der Waals surface area contributed by atoms with Crippen molar-refractivity contribution in [1.82, 2.24) is 0 Å². The summed E-state index contributed by atoms with van der Waals surface area (Å²) in [4.78, 5) is 20.1. The molecule has 9 heteroatoms. The first-order valence-corrected chi connectivity index (χ1v) is 8.10. The van der Waals surface area contributed by atoms with E-state index in [1.165, 1.54) is 0 Å². The van der Waals surface area contributed by atoms with E-state index in [0.29, 0.717) is 12.8 Å². The molecule has 0 heterocycles. The van der Waals surface area contributed by atoms with Crippen LogP contribution in [-0.2, 0) is 9.59 Å². The van der Waals surface area contributed by atoms with Gasteiger partial charge in [0.1, 0.15) is 12.1 Å². The maximum absolute atomic E-state index is 10.1. The van der Waals surface area contributed by atoms with Crippen molar-refractivity contribution >= 4 is 52.5 Å². The first-order chi connectivity index (χ1) is 8.36. The molecule has 0 aromatic carbocycles. The van der Waals surface area contributed by atoms with E-state index in [1.54, 1.807) is 23.5 Å². The van der Waals surface area contributed by atoms with Crippen LogP contribution >= 0.6 is 23.5 Å². The van der Waals surface area contributed by atoms with Gasteiger partial charge in [-0.2, -0.15) is 23.5 Å². The molecule has 2 atom stereocenters. The van der Waals surface area contributed by atoms with Gasteiger partial charge >= 0.3 is 11.9 Å². The third-order valence-electron chi connectivity index (χ3n) is 1.90. The summed E-state index contributed by atoms with van der Waals surface area (Å²) < 4.78 is 0. The first-order valence-electron chi connectivity index (χ1n) is 5.31. The number of hydrogen-bond donors (Lipinski definition) is 4. The Bertz CT molecular complexity index is 224. The number of carboxylic acids is 2. The van der Waals surface area contributed by atoms with Gasteiger partial charge in [-0.25, -0.2) is 0 Å². The van der Waals surface area contributed by atoms with E-state index in [0.717, 1.165) is 11.5 Å². The summed E-state index contributed by atoms with van der Waals surface area (Å²) in [6.45, 7) is 0. The van der Waals surface area contributed by atoms with Crippen molar-refractivity contribution < 1.29 is 19.8 Å². The molecule has 2 radical (unpaired) electrons. The molecule has 114 valence electrons. The Kier molecular flexibility index (Phi) is 20.5. The van der Waals surface area contributed by atoms with Crippen molar-refractivity contribution in [3.8, 4) is 0 Å². The predicted octanol–water partition coefficient (Wildman–Crippen LogP) is -0.0780. The van der Waals surface area contributed by atoms with E-state index in [-0.39, 0.29) is 17.1 Å². The van der Waals surface area contributed by atoms with E-state index in [2.05, 4.69) is 0 Å². The Morgan fingerprint density at radius 3 is 1.37 bits per heavy atom. The largest absolute Gasteiger partial charge is 0.480 e. The Morgan fingerprint density at radius 1 is 0.947 bits per heavy atom. The molecular formula is C10H22N2O4S2Se. The Morgan fingerprint density at radius 2 is 1.21 bits per heavy atom. The average Bonchev–Trinajstić information content (AvgIpc) is 2.33. The minimum Gasteiger partial charge on any atom is -0.480 e. The van der Waals surface area contributed by atoms with Crippen molar-refractivity contribution in [1.29, 1.82) is 0 Å². The Balaban J connectivity index is -0.000000256. The van der Waals surface area contributed by atoms with Gasteiger partial charge in [0.2, 0.25) is 0 Å².